The van der Waals surface area contributed by atoms with E-state index in [1.807, 2.05) is 0 Å². The first-order chi connectivity index (χ1) is 9.15. The van der Waals surface area contributed by atoms with Crippen molar-refractivity contribution >= 4 is 17.5 Å². The highest BCUT2D eigenvalue weighted by molar-refractivity contribution is 8.03. The molecule has 1 aromatic carbocycles. The van der Waals surface area contributed by atoms with Crippen LogP contribution in [0, 0.1) is 11.8 Å². The van der Waals surface area contributed by atoms with Crippen molar-refractivity contribution < 1.29 is 4.79 Å². The number of Topliss-reactive ketones (excluding diaryl/α,β-unsaturated/α-hetero) is 1. The molecule has 0 bridgehead atoms. The normalized spacial score (nSPS) is 21.6. The van der Waals surface area contributed by atoms with Gasteiger partial charge < -0.3 is 0 Å². The highest BCUT2D eigenvalue weighted by Gasteiger charge is 2.29. The van der Waals surface area contributed by atoms with Crippen molar-refractivity contribution in [3.8, 4) is 0 Å². The van der Waals surface area contributed by atoms with Gasteiger partial charge in [0, 0.05) is 27.7 Å². The molecule has 0 saturated heterocycles. The van der Waals surface area contributed by atoms with E-state index in [1.165, 1.54) is 10.5 Å². The maximum Gasteiger partial charge on any atom is 0.167 e. The largest absolute Gasteiger partial charge is 0.294 e. The minimum atomic E-state index is 0.0876. The number of ketones is 1. The Morgan fingerprint density at radius 2 is 2.11 bits per heavy atom. The van der Waals surface area contributed by atoms with Crippen molar-refractivity contribution in [1.82, 2.24) is 0 Å². The van der Waals surface area contributed by atoms with E-state index >= 15 is 0 Å². The average Bonchev–Trinajstić information content (AvgIpc) is 2.40. The van der Waals surface area contributed by atoms with E-state index in [-0.39, 0.29) is 5.92 Å². The molecule has 1 nitrogen and oxygen atoms in total. The van der Waals surface area contributed by atoms with Gasteiger partial charge in [-0.3, -0.25) is 4.79 Å². The third kappa shape index (κ3) is 2.42. The molecule has 1 unspecified atom stereocenters. The molecule has 0 spiro atoms. The standard InChI is InChI=1S/C17H18OS/c1-11(2)9-13-7-8-16-14(17(13)18)10-12-5-3-4-6-15(12)19-16/h3-8,11,13H,9-10H2,1-2H3. The monoisotopic (exact) mass is 270 g/mol. The molecule has 0 fully saturated rings. The van der Waals surface area contributed by atoms with E-state index in [1.54, 1.807) is 11.8 Å². The van der Waals surface area contributed by atoms with E-state index < -0.39 is 0 Å². The molecule has 1 heterocycles. The molecule has 1 aliphatic heterocycles. The molecule has 0 amide bonds. The summed E-state index contributed by atoms with van der Waals surface area (Å²) in [6, 6.07) is 8.39. The van der Waals surface area contributed by atoms with E-state index in [2.05, 4.69) is 50.3 Å². The summed E-state index contributed by atoms with van der Waals surface area (Å²) in [6.07, 6.45) is 6.02. The summed E-state index contributed by atoms with van der Waals surface area (Å²) in [7, 11) is 0. The van der Waals surface area contributed by atoms with Crippen molar-refractivity contribution in [3.63, 3.8) is 0 Å². The Morgan fingerprint density at radius 1 is 1.32 bits per heavy atom. The Bertz CT molecular complexity index is 581. The molecule has 2 aliphatic rings. The van der Waals surface area contributed by atoms with Crippen LogP contribution in [0.2, 0.25) is 0 Å². The van der Waals surface area contributed by atoms with E-state index in [9.17, 15) is 4.79 Å². The minimum Gasteiger partial charge on any atom is -0.294 e. The van der Waals surface area contributed by atoms with E-state index in [4.69, 9.17) is 0 Å². The van der Waals surface area contributed by atoms with Gasteiger partial charge in [0.2, 0.25) is 0 Å². The van der Waals surface area contributed by atoms with Crippen LogP contribution in [0.25, 0.3) is 0 Å². The highest BCUT2D eigenvalue weighted by Crippen LogP contribution is 2.42. The number of hydrogen-bond acceptors (Lipinski definition) is 2. The maximum absolute atomic E-state index is 12.6. The summed E-state index contributed by atoms with van der Waals surface area (Å²) in [5.74, 6) is 0.988. The van der Waals surface area contributed by atoms with Gasteiger partial charge in [0.15, 0.2) is 5.78 Å². The fourth-order valence-electron chi connectivity index (χ4n) is 2.76. The topological polar surface area (TPSA) is 17.1 Å². The second-order valence-electron chi connectivity index (χ2n) is 5.69. The third-order valence-corrected chi connectivity index (χ3v) is 4.92. The van der Waals surface area contributed by atoms with Crippen LogP contribution in [0.3, 0.4) is 0 Å². The van der Waals surface area contributed by atoms with Crippen LogP contribution in [0.15, 0.2) is 51.8 Å². The summed E-state index contributed by atoms with van der Waals surface area (Å²) in [4.78, 5) is 15.0. The maximum atomic E-state index is 12.6. The summed E-state index contributed by atoms with van der Waals surface area (Å²) in [5.41, 5.74) is 2.31. The SMILES string of the molecule is CC(C)CC1C=CC2=C(Cc3ccccc3S2)C1=O. The summed E-state index contributed by atoms with van der Waals surface area (Å²) < 4.78 is 0. The first kappa shape index (κ1) is 12.7. The molecule has 2 heteroatoms. The van der Waals surface area contributed by atoms with Crippen molar-refractivity contribution in [2.45, 2.75) is 31.6 Å². The van der Waals surface area contributed by atoms with Gasteiger partial charge >= 0.3 is 0 Å². The second kappa shape index (κ2) is 5.01. The zero-order chi connectivity index (χ0) is 13.4. The van der Waals surface area contributed by atoms with Crippen LogP contribution >= 0.6 is 11.8 Å². The third-order valence-electron chi connectivity index (χ3n) is 3.70. The molecule has 98 valence electrons. The van der Waals surface area contributed by atoms with Crippen LogP contribution in [0.5, 0.6) is 0 Å². The first-order valence-electron chi connectivity index (χ1n) is 6.86. The van der Waals surface area contributed by atoms with Gasteiger partial charge in [-0.05, 0) is 24.0 Å². The smallest absolute Gasteiger partial charge is 0.167 e. The molecule has 0 saturated carbocycles. The van der Waals surface area contributed by atoms with Crippen LogP contribution in [0.4, 0.5) is 0 Å². The van der Waals surface area contributed by atoms with Gasteiger partial charge in [0.05, 0.1) is 0 Å². The van der Waals surface area contributed by atoms with Crippen LogP contribution in [-0.2, 0) is 11.2 Å². The van der Waals surface area contributed by atoms with E-state index in [0.717, 1.165) is 23.3 Å². The van der Waals surface area contributed by atoms with Crippen LogP contribution < -0.4 is 0 Å². The number of hydrogen-bond donors (Lipinski definition) is 0. The molecule has 0 aromatic heterocycles. The number of carbonyl (C=O) groups is 1. The highest BCUT2D eigenvalue weighted by atomic mass is 32.2. The van der Waals surface area contributed by atoms with Crippen molar-refractivity contribution in [3.05, 3.63) is 52.5 Å². The van der Waals surface area contributed by atoms with E-state index in [0.29, 0.717) is 11.7 Å². The summed E-state index contributed by atoms with van der Waals surface area (Å²) >= 11 is 1.74. The average molecular weight is 270 g/mol. The minimum absolute atomic E-state index is 0.0876. The summed E-state index contributed by atoms with van der Waals surface area (Å²) in [5, 5.41) is 0. The molecular formula is C17H18OS. The number of rotatable bonds is 2. The molecule has 3 rings (SSSR count). The lowest BCUT2D eigenvalue weighted by Crippen LogP contribution is -2.23. The van der Waals surface area contributed by atoms with Crippen molar-refractivity contribution in [2.75, 3.05) is 0 Å². The van der Waals surface area contributed by atoms with Gasteiger partial charge in [0.25, 0.3) is 0 Å². The number of allylic oxidation sites excluding steroid dienone is 3. The van der Waals surface area contributed by atoms with Gasteiger partial charge in [-0.1, -0.05) is 56.0 Å². The molecule has 1 aliphatic carbocycles. The van der Waals surface area contributed by atoms with Gasteiger partial charge in [-0.15, -0.1) is 0 Å². The predicted molar refractivity (Wildman–Crippen MR) is 80.1 cm³/mol. The zero-order valence-corrected chi connectivity index (χ0v) is 12.2. The van der Waals surface area contributed by atoms with Gasteiger partial charge in [0.1, 0.15) is 0 Å². The zero-order valence-electron chi connectivity index (χ0n) is 11.3. The lowest BCUT2D eigenvalue weighted by Gasteiger charge is -2.26. The number of thioether (sulfide) groups is 1. The number of carbonyl (C=O) groups excluding carboxylic acids is 1. The van der Waals surface area contributed by atoms with Gasteiger partial charge in [-0.25, -0.2) is 0 Å². The molecule has 1 aromatic rings. The fourth-order valence-corrected chi connectivity index (χ4v) is 3.86. The molecule has 0 N–H and O–H groups in total. The van der Waals surface area contributed by atoms with Gasteiger partial charge in [-0.2, -0.15) is 0 Å². The molecular weight excluding hydrogens is 252 g/mol. The lowest BCUT2D eigenvalue weighted by molar-refractivity contribution is -0.118. The van der Waals surface area contributed by atoms with Crippen molar-refractivity contribution in [1.29, 1.82) is 0 Å². The number of benzene rings is 1. The fraction of sp³-hybridized carbons (Fsp3) is 0.353. The first-order valence-corrected chi connectivity index (χ1v) is 7.68. The summed E-state index contributed by atoms with van der Waals surface area (Å²) in [6.45, 7) is 4.35. The van der Waals surface area contributed by atoms with Crippen LogP contribution in [-0.4, -0.2) is 5.78 Å². The Morgan fingerprint density at radius 3 is 2.89 bits per heavy atom. The Hall–Kier alpha value is -1.28. The Kier molecular flexibility index (Phi) is 3.36. The second-order valence-corrected chi connectivity index (χ2v) is 6.77. The molecule has 19 heavy (non-hydrogen) atoms. The van der Waals surface area contributed by atoms with Crippen LogP contribution in [0.1, 0.15) is 25.8 Å². The number of fused-ring (bicyclic) bond motifs is 1. The Labute approximate surface area is 118 Å². The Balaban J connectivity index is 1.89. The predicted octanol–water partition coefficient (Wildman–Crippen LogP) is 4.39. The lowest BCUT2D eigenvalue weighted by atomic mass is 9.84. The molecule has 1 atom stereocenters. The van der Waals surface area contributed by atoms with Crippen molar-refractivity contribution in [2.24, 2.45) is 11.8 Å². The molecule has 0 radical (unpaired) electrons. The quantitative estimate of drug-likeness (QED) is 0.792.